The van der Waals surface area contributed by atoms with E-state index in [1.165, 1.54) is 24.3 Å². The normalized spacial score (nSPS) is 10.8. The lowest BCUT2D eigenvalue weighted by atomic mass is 10.1. The lowest BCUT2D eigenvalue weighted by molar-refractivity contribution is 0.102. The molecule has 124 valence electrons. The van der Waals surface area contributed by atoms with Gasteiger partial charge in [0.25, 0.3) is 5.91 Å². The minimum atomic E-state index is -3.53. The summed E-state index contributed by atoms with van der Waals surface area (Å²) in [5, 5.41) is 11.4. The second kappa shape index (κ2) is 7.73. The van der Waals surface area contributed by atoms with Crippen LogP contribution in [0.15, 0.2) is 53.4 Å². The zero-order chi connectivity index (χ0) is 17.6. The van der Waals surface area contributed by atoms with Crippen molar-refractivity contribution in [3.63, 3.8) is 0 Å². The minimum Gasteiger partial charge on any atom is -0.322 e. The number of nitrogens with zero attached hydrogens (tertiary/aromatic N) is 1. The second-order valence-electron chi connectivity index (χ2n) is 5.01. The quantitative estimate of drug-likeness (QED) is 0.840. The van der Waals surface area contributed by atoms with Gasteiger partial charge in [-0.3, -0.25) is 4.79 Å². The van der Waals surface area contributed by atoms with E-state index in [2.05, 4.69) is 16.1 Å². The van der Waals surface area contributed by atoms with E-state index in [1.807, 2.05) is 0 Å². The summed E-state index contributed by atoms with van der Waals surface area (Å²) in [6, 6.07) is 14.7. The van der Waals surface area contributed by atoms with Gasteiger partial charge in [0.05, 0.1) is 17.4 Å². The fourth-order valence-electron chi connectivity index (χ4n) is 2.06. The number of benzene rings is 2. The third kappa shape index (κ3) is 4.41. The maximum atomic E-state index is 12.2. The van der Waals surface area contributed by atoms with E-state index in [-0.39, 0.29) is 10.8 Å². The Bertz CT molecular complexity index is 851. The highest BCUT2D eigenvalue weighted by molar-refractivity contribution is 7.89. The van der Waals surface area contributed by atoms with Crippen molar-refractivity contribution in [2.75, 3.05) is 11.9 Å². The molecule has 0 aliphatic rings. The summed E-state index contributed by atoms with van der Waals surface area (Å²) >= 11 is 0. The number of nitriles is 1. The summed E-state index contributed by atoms with van der Waals surface area (Å²) in [6.45, 7) is 1.99. The van der Waals surface area contributed by atoms with E-state index in [9.17, 15) is 13.2 Å². The molecule has 2 aromatic rings. The van der Waals surface area contributed by atoms with E-state index in [0.717, 1.165) is 5.56 Å². The van der Waals surface area contributed by atoms with Gasteiger partial charge in [0, 0.05) is 17.8 Å². The predicted octanol–water partition coefficient (Wildman–Crippen LogP) is 2.30. The third-order valence-electron chi connectivity index (χ3n) is 3.26. The van der Waals surface area contributed by atoms with Crippen molar-refractivity contribution in [1.82, 2.24) is 4.72 Å². The van der Waals surface area contributed by atoms with Gasteiger partial charge in [0.15, 0.2) is 0 Å². The molecule has 2 rings (SSSR count). The van der Waals surface area contributed by atoms with Gasteiger partial charge in [-0.1, -0.05) is 19.1 Å². The molecule has 0 atom stereocenters. The van der Waals surface area contributed by atoms with Crippen molar-refractivity contribution >= 4 is 21.6 Å². The number of rotatable bonds is 6. The van der Waals surface area contributed by atoms with Crippen LogP contribution in [0.4, 0.5) is 5.69 Å². The predicted molar refractivity (Wildman–Crippen MR) is 91.0 cm³/mol. The van der Waals surface area contributed by atoms with Gasteiger partial charge in [-0.2, -0.15) is 5.26 Å². The Morgan fingerprint density at radius 1 is 1.08 bits per heavy atom. The smallest absolute Gasteiger partial charge is 0.255 e. The fraction of sp³-hybridized carbons (Fsp3) is 0.176. The van der Waals surface area contributed by atoms with Gasteiger partial charge >= 0.3 is 0 Å². The summed E-state index contributed by atoms with van der Waals surface area (Å²) < 4.78 is 26.1. The summed E-state index contributed by atoms with van der Waals surface area (Å²) in [4.78, 5) is 12.3. The number of carbonyl (C=O) groups excluding carboxylic acids is 1. The summed E-state index contributed by atoms with van der Waals surface area (Å²) in [6.07, 6.45) is 0.315. The fourth-order valence-corrected chi connectivity index (χ4v) is 3.10. The molecule has 0 spiro atoms. The number of hydrogen-bond acceptors (Lipinski definition) is 4. The van der Waals surface area contributed by atoms with Crippen molar-refractivity contribution < 1.29 is 13.2 Å². The molecule has 0 aliphatic carbocycles. The first-order valence-electron chi connectivity index (χ1n) is 7.33. The highest BCUT2D eigenvalue weighted by atomic mass is 32.2. The van der Waals surface area contributed by atoms with Crippen LogP contribution in [0.25, 0.3) is 0 Å². The van der Waals surface area contributed by atoms with Crippen molar-refractivity contribution in [1.29, 1.82) is 5.26 Å². The topological polar surface area (TPSA) is 99.1 Å². The Morgan fingerprint density at radius 2 is 1.71 bits per heavy atom. The molecule has 0 saturated heterocycles. The highest BCUT2D eigenvalue weighted by Crippen LogP contribution is 2.14. The Balaban J connectivity index is 2.09. The van der Waals surface area contributed by atoms with E-state index in [1.54, 1.807) is 31.2 Å². The first kappa shape index (κ1) is 17.7. The number of amides is 1. The lowest BCUT2D eigenvalue weighted by Crippen LogP contribution is -2.23. The van der Waals surface area contributed by atoms with Crippen LogP contribution in [0.1, 0.15) is 22.8 Å². The average molecular weight is 343 g/mol. The summed E-state index contributed by atoms with van der Waals surface area (Å²) in [5.74, 6) is -0.338. The number of anilines is 1. The zero-order valence-corrected chi connectivity index (χ0v) is 13.9. The molecule has 0 aromatic heterocycles. The molecule has 0 heterocycles. The van der Waals surface area contributed by atoms with Crippen LogP contribution in [-0.2, 0) is 16.4 Å². The second-order valence-corrected chi connectivity index (χ2v) is 6.78. The van der Waals surface area contributed by atoms with Crippen LogP contribution in [0, 0.1) is 11.3 Å². The van der Waals surface area contributed by atoms with E-state index in [4.69, 9.17) is 5.26 Å². The van der Waals surface area contributed by atoms with Crippen LogP contribution in [0.5, 0.6) is 0 Å². The molecular weight excluding hydrogens is 326 g/mol. The van der Waals surface area contributed by atoms with Crippen LogP contribution in [0.3, 0.4) is 0 Å². The van der Waals surface area contributed by atoms with Crippen molar-refractivity contribution in [3.8, 4) is 6.07 Å². The molecular formula is C17H17N3O3S. The van der Waals surface area contributed by atoms with Crippen LogP contribution in [0.2, 0.25) is 0 Å². The SMILES string of the molecule is CCNS(=O)(=O)c1ccc(C(=O)Nc2ccc(CC#N)cc2)cc1. The molecule has 0 bridgehead atoms. The average Bonchev–Trinajstić information content (AvgIpc) is 2.57. The number of carbonyl (C=O) groups is 1. The van der Waals surface area contributed by atoms with E-state index < -0.39 is 10.0 Å². The van der Waals surface area contributed by atoms with Gasteiger partial charge in [-0.25, -0.2) is 13.1 Å². The standard InChI is InChI=1S/C17H17N3O3S/c1-2-19-24(22,23)16-9-5-14(6-10-16)17(21)20-15-7-3-13(4-8-15)11-12-18/h3-10,19H,2,11H2,1H3,(H,20,21). The molecule has 0 aliphatic heterocycles. The molecule has 0 unspecified atom stereocenters. The first-order chi connectivity index (χ1) is 11.5. The van der Waals surface area contributed by atoms with E-state index in [0.29, 0.717) is 24.2 Å². The van der Waals surface area contributed by atoms with Gasteiger partial charge in [-0.05, 0) is 42.0 Å². The Kier molecular flexibility index (Phi) is 5.68. The third-order valence-corrected chi connectivity index (χ3v) is 4.82. The molecule has 0 radical (unpaired) electrons. The van der Waals surface area contributed by atoms with E-state index >= 15 is 0 Å². The van der Waals surface area contributed by atoms with Gasteiger partial charge < -0.3 is 5.32 Å². The largest absolute Gasteiger partial charge is 0.322 e. The monoisotopic (exact) mass is 343 g/mol. The number of hydrogen-bond donors (Lipinski definition) is 2. The van der Waals surface area contributed by atoms with Crippen LogP contribution >= 0.6 is 0 Å². The van der Waals surface area contributed by atoms with Crippen LogP contribution < -0.4 is 10.0 Å². The molecule has 7 heteroatoms. The molecule has 1 amide bonds. The molecule has 0 saturated carbocycles. The number of nitrogens with one attached hydrogen (secondary N) is 2. The molecule has 2 aromatic carbocycles. The maximum absolute atomic E-state index is 12.2. The molecule has 0 fully saturated rings. The summed E-state index contributed by atoms with van der Waals surface area (Å²) in [7, 11) is -3.53. The van der Waals surface area contributed by atoms with Gasteiger partial charge in [0.1, 0.15) is 0 Å². The Labute approximate surface area is 141 Å². The highest BCUT2D eigenvalue weighted by Gasteiger charge is 2.13. The maximum Gasteiger partial charge on any atom is 0.255 e. The van der Waals surface area contributed by atoms with Crippen LogP contribution in [-0.4, -0.2) is 20.9 Å². The molecule has 2 N–H and O–H groups in total. The van der Waals surface area contributed by atoms with Crippen molar-refractivity contribution in [2.24, 2.45) is 0 Å². The van der Waals surface area contributed by atoms with Gasteiger partial charge in [0.2, 0.25) is 10.0 Å². The van der Waals surface area contributed by atoms with Crippen molar-refractivity contribution in [3.05, 3.63) is 59.7 Å². The Hall–Kier alpha value is -2.69. The first-order valence-corrected chi connectivity index (χ1v) is 8.81. The minimum absolute atomic E-state index is 0.113. The Morgan fingerprint density at radius 3 is 2.25 bits per heavy atom. The molecule has 24 heavy (non-hydrogen) atoms. The lowest BCUT2D eigenvalue weighted by Gasteiger charge is -2.08. The summed E-state index contributed by atoms with van der Waals surface area (Å²) in [5.41, 5.74) is 1.83. The van der Waals surface area contributed by atoms with Crippen molar-refractivity contribution in [2.45, 2.75) is 18.2 Å². The molecule has 6 nitrogen and oxygen atoms in total. The number of sulfonamides is 1. The zero-order valence-electron chi connectivity index (χ0n) is 13.1. The van der Waals surface area contributed by atoms with Gasteiger partial charge in [-0.15, -0.1) is 0 Å².